The maximum absolute atomic E-state index is 4.39. The summed E-state index contributed by atoms with van der Waals surface area (Å²) in [6.45, 7) is 5.49. The van der Waals surface area contributed by atoms with Gasteiger partial charge in [-0.05, 0) is 31.2 Å². The summed E-state index contributed by atoms with van der Waals surface area (Å²) in [6, 6.07) is 2.07. The zero-order valence-corrected chi connectivity index (χ0v) is 7.88. The lowest BCUT2D eigenvalue weighted by atomic mass is 9.70. The van der Waals surface area contributed by atoms with E-state index in [9.17, 15) is 0 Å². The van der Waals surface area contributed by atoms with Crippen LogP contribution in [0.2, 0.25) is 0 Å². The lowest BCUT2D eigenvalue weighted by molar-refractivity contribution is 0.126. The summed E-state index contributed by atoms with van der Waals surface area (Å²) in [5.41, 5.74) is 1.66. The van der Waals surface area contributed by atoms with Crippen LogP contribution < -0.4 is 0 Å². The summed E-state index contributed by atoms with van der Waals surface area (Å²) in [5.74, 6) is 0. The van der Waals surface area contributed by atoms with Gasteiger partial charge in [-0.2, -0.15) is 5.10 Å². The molecule has 0 bridgehead atoms. The Morgan fingerprint density at radius 1 is 1.58 bits per heavy atom. The van der Waals surface area contributed by atoms with Gasteiger partial charge in [-0.25, -0.2) is 0 Å². The van der Waals surface area contributed by atoms with Crippen LogP contribution in [0, 0.1) is 12.3 Å². The Labute approximate surface area is 73.6 Å². The normalized spacial score (nSPS) is 20.5. The molecule has 12 heavy (non-hydrogen) atoms. The first-order valence-corrected chi connectivity index (χ1v) is 4.68. The van der Waals surface area contributed by atoms with Crippen LogP contribution in [0.1, 0.15) is 31.9 Å². The Morgan fingerprint density at radius 3 is 2.75 bits per heavy atom. The van der Waals surface area contributed by atoms with E-state index < -0.39 is 0 Å². The van der Waals surface area contributed by atoms with E-state index in [1.165, 1.54) is 19.3 Å². The van der Waals surface area contributed by atoms with Gasteiger partial charge in [0.2, 0.25) is 0 Å². The highest BCUT2D eigenvalue weighted by molar-refractivity contribution is 4.96. The fourth-order valence-corrected chi connectivity index (χ4v) is 1.88. The summed E-state index contributed by atoms with van der Waals surface area (Å²) in [7, 11) is 0. The molecule has 0 aromatic carbocycles. The predicted octanol–water partition coefficient (Wildman–Crippen LogP) is 2.38. The molecule has 0 radical (unpaired) electrons. The van der Waals surface area contributed by atoms with Gasteiger partial charge < -0.3 is 0 Å². The number of hydrogen-bond donors (Lipinski definition) is 0. The predicted molar refractivity (Wildman–Crippen MR) is 48.9 cm³/mol. The Kier molecular flexibility index (Phi) is 1.71. The molecule has 0 atom stereocenters. The zero-order chi connectivity index (χ0) is 8.60. The van der Waals surface area contributed by atoms with Crippen LogP contribution in [-0.4, -0.2) is 9.78 Å². The minimum Gasteiger partial charge on any atom is -0.272 e. The molecular formula is C10H16N2. The van der Waals surface area contributed by atoms with Crippen LogP contribution >= 0.6 is 0 Å². The molecular weight excluding hydrogens is 148 g/mol. The Hall–Kier alpha value is -0.790. The second-order valence-electron chi connectivity index (χ2n) is 4.32. The zero-order valence-electron chi connectivity index (χ0n) is 7.88. The van der Waals surface area contributed by atoms with Gasteiger partial charge in [0.1, 0.15) is 0 Å². The van der Waals surface area contributed by atoms with Gasteiger partial charge >= 0.3 is 0 Å². The van der Waals surface area contributed by atoms with Crippen molar-refractivity contribution in [2.75, 3.05) is 0 Å². The van der Waals surface area contributed by atoms with Gasteiger partial charge in [-0.1, -0.05) is 13.3 Å². The third-order valence-corrected chi connectivity index (χ3v) is 2.88. The SMILES string of the molecule is Cc1ccn(CC2(C)CCC2)n1. The van der Waals surface area contributed by atoms with Crippen LogP contribution in [0.25, 0.3) is 0 Å². The van der Waals surface area contributed by atoms with Crippen LogP contribution in [-0.2, 0) is 6.54 Å². The van der Waals surface area contributed by atoms with E-state index >= 15 is 0 Å². The number of rotatable bonds is 2. The average molecular weight is 164 g/mol. The van der Waals surface area contributed by atoms with Crippen molar-refractivity contribution < 1.29 is 0 Å². The van der Waals surface area contributed by atoms with Gasteiger partial charge in [0, 0.05) is 12.7 Å². The Morgan fingerprint density at radius 2 is 2.33 bits per heavy atom. The van der Waals surface area contributed by atoms with E-state index in [4.69, 9.17) is 0 Å². The monoisotopic (exact) mass is 164 g/mol. The van der Waals surface area contributed by atoms with E-state index in [0.29, 0.717) is 5.41 Å². The molecule has 1 fully saturated rings. The third kappa shape index (κ3) is 1.38. The van der Waals surface area contributed by atoms with Crippen LogP contribution in [0.15, 0.2) is 12.3 Å². The molecule has 0 saturated heterocycles. The van der Waals surface area contributed by atoms with Gasteiger partial charge in [-0.15, -0.1) is 0 Å². The van der Waals surface area contributed by atoms with Crippen LogP contribution in [0.3, 0.4) is 0 Å². The molecule has 1 aromatic rings. The Balaban J connectivity index is 2.03. The molecule has 0 spiro atoms. The lowest BCUT2D eigenvalue weighted by Crippen LogP contribution is -2.30. The molecule has 0 amide bonds. The lowest BCUT2D eigenvalue weighted by Gasteiger charge is -2.38. The summed E-state index contributed by atoms with van der Waals surface area (Å²) in [5, 5.41) is 4.39. The molecule has 1 aliphatic carbocycles. The molecule has 2 heteroatoms. The summed E-state index contributed by atoms with van der Waals surface area (Å²) < 4.78 is 2.08. The second kappa shape index (κ2) is 2.61. The first kappa shape index (κ1) is 7.84. The molecule has 1 saturated carbocycles. The molecule has 0 aliphatic heterocycles. The molecule has 1 heterocycles. The van der Waals surface area contributed by atoms with Crippen molar-refractivity contribution in [3.63, 3.8) is 0 Å². The molecule has 0 unspecified atom stereocenters. The van der Waals surface area contributed by atoms with Gasteiger partial charge in [0.25, 0.3) is 0 Å². The van der Waals surface area contributed by atoms with Crippen LogP contribution in [0.5, 0.6) is 0 Å². The Bertz CT molecular complexity index is 271. The molecule has 0 N–H and O–H groups in total. The largest absolute Gasteiger partial charge is 0.272 e. The first-order chi connectivity index (χ1) is 5.68. The maximum Gasteiger partial charge on any atom is 0.0593 e. The molecule has 1 aliphatic rings. The van der Waals surface area contributed by atoms with Crippen molar-refractivity contribution in [1.82, 2.24) is 9.78 Å². The van der Waals surface area contributed by atoms with Crippen molar-refractivity contribution in [2.45, 2.75) is 39.7 Å². The smallest absolute Gasteiger partial charge is 0.0593 e. The van der Waals surface area contributed by atoms with Crippen molar-refractivity contribution in [2.24, 2.45) is 5.41 Å². The van der Waals surface area contributed by atoms with Gasteiger partial charge in [-0.3, -0.25) is 4.68 Å². The molecule has 66 valence electrons. The fourth-order valence-electron chi connectivity index (χ4n) is 1.88. The molecule has 2 nitrogen and oxygen atoms in total. The topological polar surface area (TPSA) is 17.8 Å². The standard InChI is InChI=1S/C10H16N2/c1-9-4-7-12(11-9)8-10(2)5-3-6-10/h4,7H,3,5-6,8H2,1-2H3. The number of nitrogens with zero attached hydrogens (tertiary/aromatic N) is 2. The second-order valence-corrected chi connectivity index (χ2v) is 4.32. The number of hydrogen-bond acceptors (Lipinski definition) is 1. The van der Waals surface area contributed by atoms with E-state index in [-0.39, 0.29) is 0 Å². The summed E-state index contributed by atoms with van der Waals surface area (Å²) in [6.07, 6.45) is 6.22. The minimum absolute atomic E-state index is 0.540. The van der Waals surface area contributed by atoms with E-state index in [1.807, 2.05) is 6.92 Å². The van der Waals surface area contributed by atoms with E-state index in [1.54, 1.807) is 0 Å². The number of aryl methyl sites for hydroxylation is 1. The van der Waals surface area contributed by atoms with Crippen molar-refractivity contribution in [3.8, 4) is 0 Å². The van der Waals surface area contributed by atoms with Crippen molar-refractivity contribution >= 4 is 0 Å². The van der Waals surface area contributed by atoms with Crippen molar-refractivity contribution in [1.29, 1.82) is 0 Å². The quantitative estimate of drug-likeness (QED) is 0.656. The summed E-state index contributed by atoms with van der Waals surface area (Å²) >= 11 is 0. The fraction of sp³-hybridized carbons (Fsp3) is 0.700. The molecule has 1 aromatic heterocycles. The third-order valence-electron chi connectivity index (χ3n) is 2.88. The van der Waals surface area contributed by atoms with Gasteiger partial charge in [0.05, 0.1) is 5.69 Å². The van der Waals surface area contributed by atoms with Crippen LogP contribution in [0.4, 0.5) is 0 Å². The maximum atomic E-state index is 4.39. The first-order valence-electron chi connectivity index (χ1n) is 4.68. The highest BCUT2D eigenvalue weighted by Crippen LogP contribution is 2.41. The average Bonchev–Trinajstić information content (AvgIpc) is 2.32. The van der Waals surface area contributed by atoms with Gasteiger partial charge in [0.15, 0.2) is 0 Å². The minimum atomic E-state index is 0.540. The molecule has 2 rings (SSSR count). The van der Waals surface area contributed by atoms with E-state index in [0.717, 1.165) is 12.2 Å². The van der Waals surface area contributed by atoms with E-state index in [2.05, 4.69) is 29.0 Å². The number of aromatic nitrogens is 2. The summed E-state index contributed by atoms with van der Waals surface area (Å²) in [4.78, 5) is 0. The highest BCUT2D eigenvalue weighted by atomic mass is 15.3. The van der Waals surface area contributed by atoms with Crippen molar-refractivity contribution in [3.05, 3.63) is 18.0 Å². The highest BCUT2D eigenvalue weighted by Gasteiger charge is 2.32.